The monoisotopic (exact) mass is 215 g/mol. The highest BCUT2D eigenvalue weighted by Crippen LogP contribution is 1.97. The third-order valence-electron chi connectivity index (χ3n) is 1.74. The van der Waals surface area contributed by atoms with E-state index in [9.17, 15) is 9.59 Å². The summed E-state index contributed by atoms with van der Waals surface area (Å²) in [6.45, 7) is 8.09. The molecule has 0 spiro atoms. The van der Waals surface area contributed by atoms with E-state index in [1.165, 1.54) is 0 Å². The van der Waals surface area contributed by atoms with Gasteiger partial charge >= 0.3 is 0 Å². The van der Waals surface area contributed by atoms with Gasteiger partial charge in [-0.15, -0.1) is 0 Å². The maximum atomic E-state index is 11.3. The van der Waals surface area contributed by atoms with Gasteiger partial charge in [-0.25, -0.2) is 0 Å². The van der Waals surface area contributed by atoms with Crippen LogP contribution in [0.3, 0.4) is 0 Å². The zero-order valence-corrected chi connectivity index (χ0v) is 9.89. The number of rotatable bonds is 5. The summed E-state index contributed by atoms with van der Waals surface area (Å²) in [6.07, 6.45) is 0. The summed E-state index contributed by atoms with van der Waals surface area (Å²) in [6, 6.07) is 0. The van der Waals surface area contributed by atoms with E-state index in [1.807, 2.05) is 20.8 Å². The minimum Gasteiger partial charge on any atom is -0.369 e. The van der Waals surface area contributed by atoms with E-state index >= 15 is 0 Å². The van der Waals surface area contributed by atoms with E-state index in [2.05, 4.69) is 10.6 Å². The highest BCUT2D eigenvalue weighted by atomic mass is 16.2. The molecule has 0 aromatic heterocycles. The standard InChI is InChI=1S/C10H21N3O2/c1-7(9(11)15)5-12-6-8(14)13-10(2,3)4/h7,12H,5-6H2,1-4H3,(H2,11,15)(H,13,14). The van der Waals surface area contributed by atoms with E-state index < -0.39 is 0 Å². The van der Waals surface area contributed by atoms with Crippen molar-refractivity contribution >= 4 is 11.8 Å². The second kappa shape index (κ2) is 5.70. The number of amides is 2. The number of hydrogen-bond acceptors (Lipinski definition) is 3. The lowest BCUT2D eigenvalue weighted by atomic mass is 10.1. The molecule has 5 heteroatoms. The molecule has 0 saturated carbocycles. The summed E-state index contributed by atoms with van der Waals surface area (Å²) in [4.78, 5) is 22.0. The van der Waals surface area contributed by atoms with Gasteiger partial charge < -0.3 is 16.4 Å². The Morgan fingerprint density at radius 2 is 1.87 bits per heavy atom. The first-order chi connectivity index (χ1) is 6.72. The fourth-order valence-corrected chi connectivity index (χ4v) is 0.965. The lowest BCUT2D eigenvalue weighted by molar-refractivity contribution is -0.123. The van der Waals surface area contributed by atoms with Gasteiger partial charge in [0.1, 0.15) is 0 Å². The summed E-state index contributed by atoms with van der Waals surface area (Å²) < 4.78 is 0. The van der Waals surface area contributed by atoms with Gasteiger partial charge in [0.05, 0.1) is 6.54 Å². The first-order valence-corrected chi connectivity index (χ1v) is 5.03. The van der Waals surface area contributed by atoms with Crippen molar-refractivity contribution in [3.63, 3.8) is 0 Å². The van der Waals surface area contributed by atoms with Gasteiger partial charge in [-0.2, -0.15) is 0 Å². The molecule has 1 atom stereocenters. The lowest BCUT2D eigenvalue weighted by Gasteiger charge is -2.20. The molecule has 1 unspecified atom stereocenters. The number of nitrogens with one attached hydrogen (secondary N) is 2. The fourth-order valence-electron chi connectivity index (χ4n) is 0.965. The number of hydrogen-bond donors (Lipinski definition) is 3. The van der Waals surface area contributed by atoms with E-state index in [4.69, 9.17) is 5.73 Å². The smallest absolute Gasteiger partial charge is 0.234 e. The van der Waals surface area contributed by atoms with Crippen LogP contribution in [0.5, 0.6) is 0 Å². The Morgan fingerprint density at radius 1 is 1.33 bits per heavy atom. The van der Waals surface area contributed by atoms with Crippen LogP contribution in [0.1, 0.15) is 27.7 Å². The van der Waals surface area contributed by atoms with Crippen LogP contribution in [0.25, 0.3) is 0 Å². The van der Waals surface area contributed by atoms with Crippen LogP contribution >= 0.6 is 0 Å². The Kier molecular flexibility index (Phi) is 5.28. The summed E-state index contributed by atoms with van der Waals surface area (Å²) in [7, 11) is 0. The van der Waals surface area contributed by atoms with Crippen molar-refractivity contribution in [2.24, 2.45) is 11.7 Å². The first kappa shape index (κ1) is 13.9. The van der Waals surface area contributed by atoms with Crippen LogP contribution < -0.4 is 16.4 Å². The van der Waals surface area contributed by atoms with Crippen molar-refractivity contribution in [3.05, 3.63) is 0 Å². The van der Waals surface area contributed by atoms with E-state index in [-0.39, 0.29) is 29.8 Å². The average Bonchev–Trinajstić information content (AvgIpc) is 2.00. The van der Waals surface area contributed by atoms with Crippen LogP contribution in [0.4, 0.5) is 0 Å². The van der Waals surface area contributed by atoms with Gasteiger partial charge in [0.15, 0.2) is 0 Å². The van der Waals surface area contributed by atoms with Crippen molar-refractivity contribution in [3.8, 4) is 0 Å². The number of nitrogens with two attached hydrogens (primary N) is 1. The normalized spacial score (nSPS) is 13.3. The molecule has 0 bridgehead atoms. The predicted molar refractivity (Wildman–Crippen MR) is 59.1 cm³/mol. The molecule has 0 aromatic carbocycles. The molecule has 0 aliphatic carbocycles. The predicted octanol–water partition coefficient (Wildman–Crippen LogP) is -0.388. The molecule has 2 amide bonds. The molecule has 4 N–H and O–H groups in total. The quantitative estimate of drug-likeness (QED) is 0.584. The molecule has 0 heterocycles. The highest BCUT2D eigenvalue weighted by molar-refractivity contribution is 5.79. The van der Waals surface area contributed by atoms with Gasteiger partial charge in [0.2, 0.25) is 11.8 Å². The van der Waals surface area contributed by atoms with Gasteiger partial charge in [-0.05, 0) is 20.8 Å². The molecule has 0 aliphatic rings. The second-order valence-corrected chi connectivity index (χ2v) is 4.73. The Morgan fingerprint density at radius 3 is 2.27 bits per heavy atom. The third-order valence-corrected chi connectivity index (χ3v) is 1.74. The van der Waals surface area contributed by atoms with E-state index in [1.54, 1.807) is 6.92 Å². The van der Waals surface area contributed by atoms with E-state index in [0.29, 0.717) is 6.54 Å². The van der Waals surface area contributed by atoms with Crippen molar-refractivity contribution in [1.82, 2.24) is 10.6 Å². The zero-order chi connectivity index (χ0) is 12.1. The molecule has 0 aliphatic heterocycles. The Labute approximate surface area is 90.8 Å². The number of primary amides is 1. The van der Waals surface area contributed by atoms with Crippen LogP contribution in [-0.4, -0.2) is 30.4 Å². The fraction of sp³-hybridized carbons (Fsp3) is 0.800. The Hall–Kier alpha value is -1.10. The maximum absolute atomic E-state index is 11.3. The molecule has 0 aromatic rings. The molecule has 0 fully saturated rings. The van der Waals surface area contributed by atoms with Crippen molar-refractivity contribution < 1.29 is 9.59 Å². The topological polar surface area (TPSA) is 84.2 Å². The van der Waals surface area contributed by atoms with Crippen LogP contribution in [-0.2, 0) is 9.59 Å². The summed E-state index contributed by atoms with van der Waals surface area (Å²) >= 11 is 0. The summed E-state index contributed by atoms with van der Waals surface area (Å²) in [5.74, 6) is -0.703. The molecule has 0 saturated heterocycles. The van der Waals surface area contributed by atoms with Gasteiger partial charge in [-0.3, -0.25) is 9.59 Å². The van der Waals surface area contributed by atoms with Crippen LogP contribution in [0.2, 0.25) is 0 Å². The maximum Gasteiger partial charge on any atom is 0.234 e. The molecular formula is C10H21N3O2. The summed E-state index contributed by atoms with van der Waals surface area (Å²) in [5, 5.41) is 5.68. The summed E-state index contributed by atoms with van der Waals surface area (Å²) in [5.41, 5.74) is 4.85. The van der Waals surface area contributed by atoms with Gasteiger partial charge in [0, 0.05) is 18.0 Å². The van der Waals surface area contributed by atoms with Crippen LogP contribution in [0.15, 0.2) is 0 Å². The molecular weight excluding hydrogens is 194 g/mol. The lowest BCUT2D eigenvalue weighted by Crippen LogP contribution is -2.45. The minimum absolute atomic E-state index is 0.0841. The van der Waals surface area contributed by atoms with Crippen molar-refractivity contribution in [2.45, 2.75) is 33.2 Å². The molecule has 15 heavy (non-hydrogen) atoms. The molecule has 0 rings (SSSR count). The van der Waals surface area contributed by atoms with Gasteiger partial charge in [-0.1, -0.05) is 6.92 Å². The van der Waals surface area contributed by atoms with Gasteiger partial charge in [0.25, 0.3) is 0 Å². The molecule has 0 radical (unpaired) electrons. The van der Waals surface area contributed by atoms with Crippen LogP contribution in [0, 0.1) is 5.92 Å². The average molecular weight is 215 g/mol. The molecule has 5 nitrogen and oxygen atoms in total. The SMILES string of the molecule is CC(CNCC(=O)NC(C)(C)C)C(N)=O. The Balaban J connectivity index is 3.69. The second-order valence-electron chi connectivity index (χ2n) is 4.73. The minimum atomic E-state index is -0.362. The van der Waals surface area contributed by atoms with Crippen molar-refractivity contribution in [2.75, 3.05) is 13.1 Å². The zero-order valence-electron chi connectivity index (χ0n) is 9.89. The van der Waals surface area contributed by atoms with E-state index in [0.717, 1.165) is 0 Å². The number of carbonyl (C=O) groups is 2. The third kappa shape index (κ3) is 7.93. The molecule has 88 valence electrons. The highest BCUT2D eigenvalue weighted by Gasteiger charge is 2.14. The Bertz CT molecular complexity index is 233. The first-order valence-electron chi connectivity index (χ1n) is 5.03. The number of carbonyl (C=O) groups excluding carboxylic acids is 2. The largest absolute Gasteiger partial charge is 0.369 e. The van der Waals surface area contributed by atoms with Crippen molar-refractivity contribution in [1.29, 1.82) is 0 Å².